The van der Waals surface area contributed by atoms with Crippen LogP contribution in [0.25, 0.3) is 10.2 Å². The highest BCUT2D eigenvalue weighted by Gasteiger charge is 2.11. The Morgan fingerprint density at radius 1 is 1.41 bits per heavy atom. The molecule has 5 heteroatoms. The molecule has 92 valence electrons. The lowest BCUT2D eigenvalue weighted by atomic mass is 10.4. The third-order valence-corrected chi connectivity index (χ3v) is 3.24. The average Bonchev–Trinajstić information content (AvgIpc) is 2.79. The van der Waals surface area contributed by atoms with Crippen molar-refractivity contribution in [3.8, 4) is 6.01 Å². The summed E-state index contributed by atoms with van der Waals surface area (Å²) in [6.45, 7) is 5.31. The first-order chi connectivity index (χ1) is 8.27. The molecule has 2 aromatic rings. The lowest BCUT2D eigenvalue weighted by Crippen LogP contribution is -2.23. The van der Waals surface area contributed by atoms with E-state index in [1.165, 1.54) is 11.3 Å². The predicted molar refractivity (Wildman–Crippen MR) is 70.0 cm³/mol. The summed E-state index contributed by atoms with van der Waals surface area (Å²) >= 11 is 1.47. The zero-order valence-electron chi connectivity index (χ0n) is 10.1. The SMILES string of the molecule is CCCOc1nc2sccc2c(=O)n1CCC. The highest BCUT2D eigenvalue weighted by Crippen LogP contribution is 2.18. The van der Waals surface area contributed by atoms with Crippen LogP contribution >= 0.6 is 11.3 Å². The van der Waals surface area contributed by atoms with Crippen molar-refractivity contribution < 1.29 is 4.74 Å². The molecule has 0 aromatic carbocycles. The van der Waals surface area contributed by atoms with Gasteiger partial charge in [-0.05, 0) is 24.3 Å². The zero-order valence-corrected chi connectivity index (χ0v) is 10.9. The largest absolute Gasteiger partial charge is 0.465 e. The van der Waals surface area contributed by atoms with E-state index in [0.717, 1.165) is 17.7 Å². The molecule has 0 aliphatic carbocycles. The lowest BCUT2D eigenvalue weighted by molar-refractivity contribution is 0.272. The topological polar surface area (TPSA) is 44.1 Å². The van der Waals surface area contributed by atoms with E-state index in [1.807, 2.05) is 25.3 Å². The quantitative estimate of drug-likeness (QED) is 0.821. The van der Waals surface area contributed by atoms with Gasteiger partial charge < -0.3 is 4.74 Å². The van der Waals surface area contributed by atoms with E-state index >= 15 is 0 Å². The molecule has 2 heterocycles. The Hall–Kier alpha value is -1.36. The molecule has 4 nitrogen and oxygen atoms in total. The molecule has 2 rings (SSSR count). The number of rotatable bonds is 5. The van der Waals surface area contributed by atoms with Crippen molar-refractivity contribution in [2.45, 2.75) is 33.2 Å². The van der Waals surface area contributed by atoms with Gasteiger partial charge in [0, 0.05) is 6.54 Å². The van der Waals surface area contributed by atoms with E-state index in [4.69, 9.17) is 4.74 Å². The molecule has 2 aromatic heterocycles. The zero-order chi connectivity index (χ0) is 12.3. The van der Waals surface area contributed by atoms with Gasteiger partial charge in [-0.1, -0.05) is 13.8 Å². The summed E-state index contributed by atoms with van der Waals surface area (Å²) < 4.78 is 7.19. The van der Waals surface area contributed by atoms with Crippen molar-refractivity contribution in [3.63, 3.8) is 0 Å². The third-order valence-electron chi connectivity index (χ3n) is 2.43. The summed E-state index contributed by atoms with van der Waals surface area (Å²) in [5.41, 5.74) is 0.00389. The summed E-state index contributed by atoms with van der Waals surface area (Å²) in [7, 11) is 0. The Balaban J connectivity index is 2.53. The van der Waals surface area contributed by atoms with Crippen molar-refractivity contribution in [3.05, 3.63) is 21.8 Å². The first kappa shape index (κ1) is 12.1. The normalized spacial score (nSPS) is 10.9. The molecule has 17 heavy (non-hydrogen) atoms. The van der Waals surface area contributed by atoms with Crippen molar-refractivity contribution in [1.29, 1.82) is 0 Å². The maximum absolute atomic E-state index is 12.2. The van der Waals surface area contributed by atoms with Crippen LogP contribution in [0.15, 0.2) is 16.2 Å². The molecule has 0 atom stereocenters. The van der Waals surface area contributed by atoms with E-state index in [1.54, 1.807) is 4.57 Å². The molecule has 0 radical (unpaired) electrons. The molecule has 0 aliphatic heterocycles. The van der Waals surface area contributed by atoms with Crippen LogP contribution in [0.2, 0.25) is 0 Å². The van der Waals surface area contributed by atoms with Gasteiger partial charge in [0.2, 0.25) is 0 Å². The molecule has 0 saturated carbocycles. The fourth-order valence-corrected chi connectivity index (χ4v) is 2.40. The van der Waals surface area contributed by atoms with Gasteiger partial charge in [0.15, 0.2) is 0 Å². The van der Waals surface area contributed by atoms with Crippen molar-refractivity contribution in [2.75, 3.05) is 6.61 Å². The Bertz CT molecular complexity index is 559. The number of hydrogen-bond acceptors (Lipinski definition) is 4. The highest BCUT2D eigenvalue weighted by molar-refractivity contribution is 7.16. The highest BCUT2D eigenvalue weighted by atomic mass is 32.1. The van der Waals surface area contributed by atoms with E-state index < -0.39 is 0 Å². The number of nitrogens with zero attached hydrogens (tertiary/aromatic N) is 2. The number of fused-ring (bicyclic) bond motifs is 1. The Morgan fingerprint density at radius 3 is 2.94 bits per heavy atom. The number of hydrogen-bond donors (Lipinski definition) is 0. The Labute approximate surface area is 104 Å². The first-order valence-corrected chi connectivity index (χ1v) is 6.76. The minimum absolute atomic E-state index is 0.00389. The second kappa shape index (κ2) is 5.31. The molecule has 0 spiro atoms. The van der Waals surface area contributed by atoms with E-state index in [0.29, 0.717) is 24.5 Å². The molecule has 0 amide bonds. The maximum Gasteiger partial charge on any atom is 0.300 e. The van der Waals surface area contributed by atoms with E-state index in [-0.39, 0.29) is 5.56 Å². The summed E-state index contributed by atoms with van der Waals surface area (Å²) in [6, 6.07) is 2.28. The number of ether oxygens (including phenoxy) is 1. The van der Waals surface area contributed by atoms with Crippen molar-refractivity contribution in [2.24, 2.45) is 0 Å². The second-order valence-corrected chi connectivity index (χ2v) is 4.73. The van der Waals surface area contributed by atoms with E-state index in [2.05, 4.69) is 4.98 Å². The first-order valence-electron chi connectivity index (χ1n) is 5.88. The summed E-state index contributed by atoms with van der Waals surface area (Å²) in [4.78, 5) is 17.4. The van der Waals surface area contributed by atoms with Gasteiger partial charge in [0.25, 0.3) is 5.56 Å². The Morgan fingerprint density at radius 2 is 2.24 bits per heavy atom. The van der Waals surface area contributed by atoms with Crippen molar-refractivity contribution in [1.82, 2.24) is 9.55 Å². The number of aromatic nitrogens is 2. The summed E-state index contributed by atoms with van der Waals surface area (Å²) in [6.07, 6.45) is 1.80. The molecule has 0 saturated heterocycles. The van der Waals surface area contributed by atoms with Crippen LogP contribution in [-0.4, -0.2) is 16.2 Å². The standard InChI is InChI=1S/C12H16N2O2S/c1-3-6-14-11(15)9-5-8-17-10(9)13-12(14)16-7-4-2/h5,8H,3-4,6-7H2,1-2H3. The van der Waals surface area contributed by atoms with Gasteiger partial charge in [0.1, 0.15) is 4.83 Å². The summed E-state index contributed by atoms with van der Waals surface area (Å²) in [5.74, 6) is 0. The van der Waals surface area contributed by atoms with Gasteiger partial charge in [0.05, 0.1) is 12.0 Å². The lowest BCUT2D eigenvalue weighted by Gasteiger charge is -2.11. The summed E-state index contributed by atoms with van der Waals surface area (Å²) in [5, 5.41) is 2.58. The van der Waals surface area contributed by atoms with Crippen LogP contribution in [0.5, 0.6) is 6.01 Å². The smallest absolute Gasteiger partial charge is 0.300 e. The van der Waals surface area contributed by atoms with Crippen molar-refractivity contribution >= 4 is 21.6 Å². The van der Waals surface area contributed by atoms with Crippen LogP contribution in [0, 0.1) is 0 Å². The molecule has 0 N–H and O–H groups in total. The second-order valence-electron chi connectivity index (χ2n) is 3.84. The van der Waals surface area contributed by atoms with Gasteiger partial charge in [-0.2, -0.15) is 4.98 Å². The molecular formula is C12H16N2O2S. The molecule has 0 unspecified atom stereocenters. The maximum atomic E-state index is 12.2. The fourth-order valence-electron chi connectivity index (χ4n) is 1.65. The minimum atomic E-state index is 0.00389. The molecule has 0 aliphatic rings. The number of thiophene rings is 1. The van der Waals surface area contributed by atoms with Gasteiger partial charge >= 0.3 is 6.01 Å². The van der Waals surface area contributed by atoms with Gasteiger partial charge in [-0.3, -0.25) is 9.36 Å². The van der Waals surface area contributed by atoms with Gasteiger partial charge in [-0.15, -0.1) is 11.3 Å². The average molecular weight is 252 g/mol. The molecule has 0 fully saturated rings. The van der Waals surface area contributed by atoms with Crippen LogP contribution in [0.3, 0.4) is 0 Å². The monoisotopic (exact) mass is 252 g/mol. The predicted octanol–water partition coefficient (Wildman–Crippen LogP) is 2.66. The third kappa shape index (κ3) is 2.34. The fraction of sp³-hybridized carbons (Fsp3) is 0.500. The minimum Gasteiger partial charge on any atom is -0.465 e. The van der Waals surface area contributed by atoms with E-state index in [9.17, 15) is 4.79 Å². The van der Waals surface area contributed by atoms with Crippen LogP contribution in [-0.2, 0) is 6.54 Å². The van der Waals surface area contributed by atoms with Crippen LogP contribution in [0.1, 0.15) is 26.7 Å². The molecule has 0 bridgehead atoms. The van der Waals surface area contributed by atoms with Crippen LogP contribution < -0.4 is 10.3 Å². The Kier molecular flexibility index (Phi) is 3.78. The van der Waals surface area contributed by atoms with Crippen LogP contribution in [0.4, 0.5) is 0 Å². The van der Waals surface area contributed by atoms with Gasteiger partial charge in [-0.25, -0.2) is 0 Å². The molecular weight excluding hydrogens is 236 g/mol.